The Morgan fingerprint density at radius 1 is 1.18 bits per heavy atom. The maximum atomic E-state index is 14.4. The van der Waals surface area contributed by atoms with Crippen molar-refractivity contribution in [2.75, 3.05) is 6.54 Å². The van der Waals surface area contributed by atoms with E-state index in [1.165, 1.54) is 6.07 Å². The molecule has 0 saturated heterocycles. The van der Waals surface area contributed by atoms with Gasteiger partial charge in [0.15, 0.2) is 0 Å². The molecule has 0 bridgehead atoms. The number of benzene rings is 2. The molecule has 1 aliphatic rings. The number of hydrogen-bond acceptors (Lipinski definition) is 3. The first-order valence-corrected chi connectivity index (χ1v) is 10.0. The Kier molecular flexibility index (Phi) is 6.80. The number of halogens is 1. The lowest BCUT2D eigenvalue weighted by Gasteiger charge is -2.24. The minimum absolute atomic E-state index is 0.113. The summed E-state index contributed by atoms with van der Waals surface area (Å²) in [5.74, 6) is -0.432. The first-order valence-electron chi connectivity index (χ1n) is 10.0. The fourth-order valence-corrected chi connectivity index (χ4v) is 3.54. The van der Waals surface area contributed by atoms with Crippen LogP contribution in [-0.4, -0.2) is 23.2 Å². The number of unbranched alkanes of at least 4 members (excludes halogenated alkanes) is 2. The van der Waals surface area contributed by atoms with Crippen LogP contribution < -0.4 is 5.32 Å². The molecule has 2 unspecified atom stereocenters. The van der Waals surface area contributed by atoms with Crippen LogP contribution in [0.3, 0.4) is 0 Å². The molecule has 0 saturated carbocycles. The number of hydrazone groups is 1. The summed E-state index contributed by atoms with van der Waals surface area (Å²) in [7, 11) is 0. The van der Waals surface area contributed by atoms with Crippen LogP contribution in [0.15, 0.2) is 59.7 Å². The molecule has 3 rings (SSSR count). The molecule has 0 spiro atoms. The first kappa shape index (κ1) is 20.1. The van der Waals surface area contributed by atoms with Gasteiger partial charge < -0.3 is 5.32 Å². The summed E-state index contributed by atoms with van der Waals surface area (Å²) in [4.78, 5) is 12.8. The Morgan fingerprint density at radius 3 is 2.61 bits per heavy atom. The highest BCUT2D eigenvalue weighted by molar-refractivity contribution is 6.39. The minimum atomic E-state index is -0.248. The molecule has 5 heteroatoms. The zero-order valence-corrected chi connectivity index (χ0v) is 16.6. The van der Waals surface area contributed by atoms with Gasteiger partial charge in [0.25, 0.3) is 5.91 Å². The Bertz CT molecular complexity index is 822. The Balaban J connectivity index is 1.74. The number of nitrogens with zero attached hydrogens (tertiary/aromatic N) is 2. The van der Waals surface area contributed by atoms with Crippen LogP contribution in [0.2, 0.25) is 0 Å². The highest BCUT2D eigenvalue weighted by Gasteiger charge is 2.33. The van der Waals surface area contributed by atoms with Gasteiger partial charge in [-0.3, -0.25) is 9.80 Å². The van der Waals surface area contributed by atoms with E-state index in [0.717, 1.165) is 31.4 Å². The van der Waals surface area contributed by atoms with Crippen molar-refractivity contribution in [2.24, 2.45) is 5.10 Å². The number of nitrogens with one attached hydrogen (secondary N) is 1. The van der Waals surface area contributed by atoms with Gasteiger partial charge in [-0.2, -0.15) is 5.10 Å². The third-order valence-electron chi connectivity index (χ3n) is 5.16. The van der Waals surface area contributed by atoms with Crippen LogP contribution in [-0.2, 0) is 4.79 Å². The average Bonchev–Trinajstić information content (AvgIpc) is 3.13. The Hall–Kier alpha value is -2.69. The Morgan fingerprint density at radius 2 is 1.89 bits per heavy atom. The fourth-order valence-electron chi connectivity index (χ4n) is 3.54. The lowest BCUT2D eigenvalue weighted by atomic mass is 10.0. The summed E-state index contributed by atoms with van der Waals surface area (Å²) in [5.41, 5.74) is 2.11. The van der Waals surface area contributed by atoms with Crippen LogP contribution in [0.25, 0.3) is 0 Å². The van der Waals surface area contributed by atoms with Crippen molar-refractivity contribution in [1.82, 2.24) is 10.3 Å². The summed E-state index contributed by atoms with van der Waals surface area (Å²) in [5, 5.41) is 9.48. The van der Waals surface area contributed by atoms with Crippen molar-refractivity contribution >= 4 is 11.6 Å². The second-order valence-corrected chi connectivity index (χ2v) is 7.26. The van der Waals surface area contributed by atoms with Gasteiger partial charge in [0.1, 0.15) is 11.5 Å². The summed E-state index contributed by atoms with van der Waals surface area (Å²) in [6.07, 6.45) is 3.58. The van der Waals surface area contributed by atoms with E-state index in [1.54, 1.807) is 12.1 Å². The van der Waals surface area contributed by atoms with Gasteiger partial charge in [-0.15, -0.1) is 0 Å². The second kappa shape index (κ2) is 9.49. The van der Waals surface area contributed by atoms with E-state index in [0.29, 0.717) is 17.7 Å². The Labute approximate surface area is 166 Å². The standard InChI is InChI=1S/C23H28FN3O/c1-3-4-10-15-27-22(19-13-8-9-14-20(19)24)16-21(26-27)23(28)25-17(2)18-11-6-5-7-12-18/h5-9,11-14,17,22H,3-4,10,15-16H2,1-2H3,(H,25,28). The number of rotatable bonds is 8. The lowest BCUT2D eigenvalue weighted by Crippen LogP contribution is -2.32. The van der Waals surface area contributed by atoms with Crippen molar-refractivity contribution in [3.8, 4) is 0 Å². The first-order chi connectivity index (χ1) is 13.6. The van der Waals surface area contributed by atoms with Crippen molar-refractivity contribution in [2.45, 2.75) is 51.6 Å². The van der Waals surface area contributed by atoms with E-state index in [2.05, 4.69) is 17.3 Å². The van der Waals surface area contributed by atoms with Crippen molar-refractivity contribution in [3.63, 3.8) is 0 Å². The molecule has 2 aromatic rings. The third kappa shape index (κ3) is 4.77. The van der Waals surface area contributed by atoms with Crippen LogP contribution in [0, 0.1) is 5.82 Å². The summed E-state index contributed by atoms with van der Waals surface area (Å²) in [6, 6.07) is 16.3. The van der Waals surface area contributed by atoms with Gasteiger partial charge in [0.2, 0.25) is 0 Å². The van der Waals surface area contributed by atoms with Crippen molar-refractivity contribution in [1.29, 1.82) is 0 Å². The number of amides is 1. The molecule has 0 fully saturated rings. The van der Waals surface area contributed by atoms with Crippen molar-refractivity contribution < 1.29 is 9.18 Å². The molecular weight excluding hydrogens is 353 g/mol. The number of hydrogen-bond donors (Lipinski definition) is 1. The molecule has 1 aliphatic heterocycles. The van der Waals surface area contributed by atoms with Crippen LogP contribution >= 0.6 is 0 Å². The van der Waals surface area contributed by atoms with E-state index < -0.39 is 0 Å². The number of carbonyl (C=O) groups is 1. The zero-order chi connectivity index (χ0) is 19.9. The van der Waals surface area contributed by atoms with E-state index in [4.69, 9.17) is 0 Å². The predicted octanol–water partition coefficient (Wildman–Crippen LogP) is 5.00. The molecule has 2 atom stereocenters. The largest absolute Gasteiger partial charge is 0.344 e. The molecule has 1 amide bonds. The molecule has 2 aromatic carbocycles. The van der Waals surface area contributed by atoms with Gasteiger partial charge in [0, 0.05) is 18.5 Å². The summed E-state index contributed by atoms with van der Waals surface area (Å²) < 4.78 is 14.4. The average molecular weight is 381 g/mol. The highest BCUT2D eigenvalue weighted by Crippen LogP contribution is 2.32. The fraction of sp³-hybridized carbons (Fsp3) is 0.391. The van der Waals surface area contributed by atoms with Crippen LogP contribution in [0.4, 0.5) is 4.39 Å². The minimum Gasteiger partial charge on any atom is -0.344 e. The van der Waals surface area contributed by atoms with Gasteiger partial charge >= 0.3 is 0 Å². The van der Waals surface area contributed by atoms with Gasteiger partial charge in [-0.05, 0) is 25.0 Å². The second-order valence-electron chi connectivity index (χ2n) is 7.26. The molecule has 28 heavy (non-hydrogen) atoms. The molecule has 4 nitrogen and oxygen atoms in total. The quantitative estimate of drug-likeness (QED) is 0.654. The molecular formula is C23H28FN3O. The van der Waals surface area contributed by atoms with Gasteiger partial charge in [0.05, 0.1) is 12.1 Å². The maximum Gasteiger partial charge on any atom is 0.268 e. The lowest BCUT2D eigenvalue weighted by molar-refractivity contribution is -0.115. The molecule has 0 radical (unpaired) electrons. The summed E-state index contributed by atoms with van der Waals surface area (Å²) in [6.45, 7) is 4.82. The van der Waals surface area contributed by atoms with E-state index in [-0.39, 0.29) is 23.8 Å². The molecule has 1 heterocycles. The molecule has 1 N–H and O–H groups in total. The monoisotopic (exact) mass is 381 g/mol. The van der Waals surface area contributed by atoms with Crippen LogP contribution in [0.5, 0.6) is 0 Å². The maximum absolute atomic E-state index is 14.4. The van der Waals surface area contributed by atoms with Crippen molar-refractivity contribution in [3.05, 3.63) is 71.5 Å². The smallest absolute Gasteiger partial charge is 0.268 e. The molecule has 148 valence electrons. The molecule has 0 aromatic heterocycles. The van der Waals surface area contributed by atoms with Gasteiger partial charge in [-0.1, -0.05) is 68.3 Å². The molecule has 0 aliphatic carbocycles. The predicted molar refractivity (Wildman–Crippen MR) is 110 cm³/mol. The van der Waals surface area contributed by atoms with E-state index in [1.807, 2.05) is 48.3 Å². The number of carbonyl (C=O) groups excluding carboxylic acids is 1. The van der Waals surface area contributed by atoms with Crippen LogP contribution in [0.1, 0.15) is 62.7 Å². The zero-order valence-electron chi connectivity index (χ0n) is 16.6. The SMILES string of the molecule is CCCCCN1N=C(C(=O)NC(C)c2ccccc2)CC1c1ccccc1F. The summed E-state index contributed by atoms with van der Waals surface area (Å²) >= 11 is 0. The normalized spacial score (nSPS) is 17.3. The van der Waals surface area contributed by atoms with Gasteiger partial charge in [-0.25, -0.2) is 4.39 Å². The van der Waals surface area contributed by atoms with E-state index in [9.17, 15) is 9.18 Å². The highest BCUT2D eigenvalue weighted by atomic mass is 19.1. The van der Waals surface area contributed by atoms with E-state index >= 15 is 0 Å². The third-order valence-corrected chi connectivity index (χ3v) is 5.16. The topological polar surface area (TPSA) is 44.7 Å².